The first-order valence-corrected chi connectivity index (χ1v) is 10.2. The van der Waals surface area contributed by atoms with Crippen molar-refractivity contribution >= 4 is 38.5 Å². The van der Waals surface area contributed by atoms with Crippen LogP contribution >= 0.6 is 15.9 Å². The third-order valence-electron chi connectivity index (χ3n) is 5.32. The molecule has 1 aliphatic rings. The van der Waals surface area contributed by atoms with E-state index in [1.54, 1.807) is 13.4 Å². The summed E-state index contributed by atoms with van der Waals surface area (Å²) in [5.74, 6) is 0.809. The topological polar surface area (TPSA) is 92.1 Å². The lowest BCUT2D eigenvalue weighted by Crippen LogP contribution is -2.52. The van der Waals surface area contributed by atoms with Crippen LogP contribution in [0.5, 0.6) is 0 Å². The maximum absolute atomic E-state index is 6.43. The number of benzene rings is 1. The van der Waals surface area contributed by atoms with Crippen molar-refractivity contribution in [3.8, 4) is 0 Å². The normalized spacial score (nSPS) is 17.1. The van der Waals surface area contributed by atoms with E-state index in [0.29, 0.717) is 6.61 Å². The van der Waals surface area contributed by atoms with Gasteiger partial charge in [0, 0.05) is 48.6 Å². The van der Waals surface area contributed by atoms with Crippen LogP contribution in [-0.4, -0.2) is 52.2 Å². The summed E-state index contributed by atoms with van der Waals surface area (Å²) >= 11 is 3.51. The Hall–Kier alpha value is -2.00. The van der Waals surface area contributed by atoms with Crippen molar-refractivity contribution in [1.29, 1.82) is 0 Å². The van der Waals surface area contributed by atoms with Gasteiger partial charge in [0.05, 0.1) is 12.0 Å². The van der Waals surface area contributed by atoms with E-state index in [9.17, 15) is 0 Å². The maximum Gasteiger partial charge on any atom is 0.143 e. The Morgan fingerprint density at radius 1 is 1.32 bits per heavy atom. The van der Waals surface area contributed by atoms with E-state index in [-0.39, 0.29) is 5.54 Å². The number of likely N-dealkylation sites (tertiary alicyclic amines) is 1. The van der Waals surface area contributed by atoms with Gasteiger partial charge in [-0.2, -0.15) is 0 Å². The summed E-state index contributed by atoms with van der Waals surface area (Å²) in [7, 11) is 1.72. The lowest BCUT2D eigenvalue weighted by atomic mass is 9.89. The molecule has 7 nitrogen and oxygen atoms in total. The second-order valence-electron chi connectivity index (χ2n) is 7.47. The van der Waals surface area contributed by atoms with Gasteiger partial charge >= 0.3 is 0 Å². The van der Waals surface area contributed by atoms with Crippen molar-refractivity contribution in [3.05, 3.63) is 46.8 Å². The minimum absolute atomic E-state index is 0.206. The molecule has 4 N–H and O–H groups in total. The minimum atomic E-state index is -0.206. The van der Waals surface area contributed by atoms with E-state index >= 15 is 0 Å². The van der Waals surface area contributed by atoms with Crippen LogP contribution in [0.3, 0.4) is 0 Å². The summed E-state index contributed by atoms with van der Waals surface area (Å²) in [4.78, 5) is 14.6. The zero-order valence-corrected chi connectivity index (χ0v) is 17.5. The summed E-state index contributed by atoms with van der Waals surface area (Å²) < 4.78 is 6.31. The molecule has 0 spiro atoms. The fourth-order valence-corrected chi connectivity index (χ4v) is 4.18. The molecule has 28 heavy (non-hydrogen) atoms. The standard InChI is InChI=1S/C20H25BrN6O/c1-28-12-20(22)5-7-27(8-6-20)11-14-10-23-18-17(14)19(25-13-24-18)26-16-4-2-3-15(21)9-16/h2-4,9-10,13H,5-8,11-12,22H2,1H3,(H2,23,24,25,26). The SMILES string of the molecule is COCC1(N)CCN(Cc2c[nH]c3ncnc(Nc4cccc(Br)c4)c23)CC1. The fraction of sp³-hybridized carbons (Fsp3) is 0.400. The average Bonchev–Trinajstić information content (AvgIpc) is 3.08. The van der Waals surface area contributed by atoms with E-state index < -0.39 is 0 Å². The number of rotatable bonds is 6. The Balaban J connectivity index is 1.54. The molecule has 148 valence electrons. The highest BCUT2D eigenvalue weighted by Crippen LogP contribution is 2.29. The van der Waals surface area contributed by atoms with Gasteiger partial charge in [0.25, 0.3) is 0 Å². The van der Waals surface area contributed by atoms with Crippen molar-refractivity contribution in [2.24, 2.45) is 5.73 Å². The van der Waals surface area contributed by atoms with Gasteiger partial charge < -0.3 is 20.8 Å². The molecule has 8 heteroatoms. The predicted molar refractivity (Wildman–Crippen MR) is 115 cm³/mol. The molecule has 0 radical (unpaired) electrons. The lowest BCUT2D eigenvalue weighted by Gasteiger charge is -2.38. The number of hydrogen-bond donors (Lipinski definition) is 3. The number of fused-ring (bicyclic) bond motifs is 1. The molecule has 0 amide bonds. The lowest BCUT2D eigenvalue weighted by molar-refractivity contribution is 0.0750. The molecular weight excluding hydrogens is 420 g/mol. The summed E-state index contributed by atoms with van der Waals surface area (Å²) in [6, 6.07) is 8.05. The van der Waals surface area contributed by atoms with E-state index in [2.05, 4.69) is 41.1 Å². The monoisotopic (exact) mass is 444 g/mol. The summed E-state index contributed by atoms with van der Waals surface area (Å²) in [6.45, 7) is 3.36. The number of methoxy groups -OCH3 is 1. The van der Waals surface area contributed by atoms with Crippen molar-refractivity contribution < 1.29 is 4.74 Å². The van der Waals surface area contributed by atoms with Crippen molar-refractivity contribution in [3.63, 3.8) is 0 Å². The molecule has 3 heterocycles. The van der Waals surface area contributed by atoms with Gasteiger partial charge in [-0.25, -0.2) is 9.97 Å². The first-order valence-electron chi connectivity index (χ1n) is 9.40. The largest absolute Gasteiger partial charge is 0.383 e. The quantitative estimate of drug-likeness (QED) is 0.539. The first-order chi connectivity index (χ1) is 13.6. The number of piperidine rings is 1. The van der Waals surface area contributed by atoms with E-state index in [4.69, 9.17) is 10.5 Å². The molecule has 0 unspecified atom stereocenters. The molecule has 1 saturated heterocycles. The van der Waals surface area contributed by atoms with Gasteiger partial charge in [0.15, 0.2) is 0 Å². The van der Waals surface area contributed by atoms with Crippen molar-refractivity contribution in [2.75, 3.05) is 32.1 Å². The molecule has 0 aliphatic carbocycles. The highest BCUT2D eigenvalue weighted by Gasteiger charge is 2.31. The molecular formula is C20H25BrN6O. The second kappa shape index (κ2) is 8.16. The number of nitrogens with one attached hydrogen (secondary N) is 2. The zero-order valence-electron chi connectivity index (χ0n) is 15.9. The number of nitrogens with zero attached hydrogens (tertiary/aromatic N) is 3. The van der Waals surface area contributed by atoms with Gasteiger partial charge in [-0.15, -0.1) is 0 Å². The van der Waals surface area contributed by atoms with Crippen LogP contribution in [0.1, 0.15) is 18.4 Å². The summed E-state index contributed by atoms with van der Waals surface area (Å²) in [5.41, 5.74) is 9.22. The average molecular weight is 445 g/mol. The molecule has 1 aliphatic heterocycles. The molecule has 4 rings (SSSR count). The number of ether oxygens (including phenoxy) is 1. The van der Waals surface area contributed by atoms with Gasteiger partial charge in [0.2, 0.25) is 0 Å². The first kappa shape index (κ1) is 19.3. The van der Waals surface area contributed by atoms with E-state index in [1.165, 1.54) is 5.56 Å². The number of halogens is 1. The minimum Gasteiger partial charge on any atom is -0.383 e. The van der Waals surface area contributed by atoms with Crippen LogP contribution in [0.2, 0.25) is 0 Å². The Kier molecular flexibility index (Phi) is 5.63. The van der Waals surface area contributed by atoms with Crippen LogP contribution in [0.15, 0.2) is 41.3 Å². The Morgan fingerprint density at radius 2 is 2.14 bits per heavy atom. The third-order valence-corrected chi connectivity index (χ3v) is 5.81. The maximum atomic E-state index is 6.43. The molecule has 1 aromatic carbocycles. The second-order valence-corrected chi connectivity index (χ2v) is 8.38. The van der Waals surface area contributed by atoms with Gasteiger partial charge in [-0.05, 0) is 36.6 Å². The van der Waals surface area contributed by atoms with Gasteiger partial charge in [-0.1, -0.05) is 22.0 Å². The Labute approximate surface area is 172 Å². The highest BCUT2D eigenvalue weighted by molar-refractivity contribution is 9.10. The number of aromatic nitrogens is 3. The Morgan fingerprint density at radius 3 is 2.89 bits per heavy atom. The van der Waals surface area contributed by atoms with Gasteiger partial charge in [0.1, 0.15) is 17.8 Å². The number of aromatic amines is 1. The number of hydrogen-bond acceptors (Lipinski definition) is 6. The Bertz CT molecular complexity index is 951. The van der Waals surface area contributed by atoms with Gasteiger partial charge in [-0.3, -0.25) is 4.90 Å². The molecule has 2 aromatic heterocycles. The van der Waals surface area contributed by atoms with E-state index in [1.807, 2.05) is 30.5 Å². The molecule has 0 atom stereocenters. The molecule has 1 fully saturated rings. The summed E-state index contributed by atoms with van der Waals surface area (Å²) in [5, 5.41) is 4.46. The van der Waals surface area contributed by atoms with E-state index in [0.717, 1.165) is 59.5 Å². The van der Waals surface area contributed by atoms with Crippen LogP contribution in [-0.2, 0) is 11.3 Å². The number of H-pyrrole nitrogens is 1. The molecule has 0 saturated carbocycles. The zero-order chi connectivity index (χ0) is 19.6. The smallest absolute Gasteiger partial charge is 0.143 e. The van der Waals surface area contributed by atoms with Crippen LogP contribution in [0.4, 0.5) is 11.5 Å². The van der Waals surface area contributed by atoms with Crippen LogP contribution in [0.25, 0.3) is 11.0 Å². The van der Waals surface area contributed by atoms with Crippen LogP contribution in [0, 0.1) is 0 Å². The number of anilines is 2. The van der Waals surface area contributed by atoms with Crippen molar-refractivity contribution in [2.45, 2.75) is 24.9 Å². The summed E-state index contributed by atoms with van der Waals surface area (Å²) in [6.07, 6.45) is 5.48. The number of nitrogens with two attached hydrogens (primary N) is 1. The molecule has 0 bridgehead atoms. The highest BCUT2D eigenvalue weighted by atomic mass is 79.9. The molecule has 3 aromatic rings. The predicted octanol–water partition coefficient (Wildman–Crippen LogP) is 3.40. The van der Waals surface area contributed by atoms with Crippen molar-refractivity contribution in [1.82, 2.24) is 19.9 Å². The third kappa shape index (κ3) is 4.20. The fourth-order valence-electron chi connectivity index (χ4n) is 3.78. The van der Waals surface area contributed by atoms with Crippen LogP contribution < -0.4 is 11.1 Å².